The number of aryl methyl sites for hydroxylation is 1. The first kappa shape index (κ1) is 27.2. The van der Waals surface area contributed by atoms with Crippen LogP contribution in [0.1, 0.15) is 26.3 Å². The van der Waals surface area contributed by atoms with E-state index in [0.717, 1.165) is 11.3 Å². The zero-order chi connectivity index (χ0) is 29.4. The summed E-state index contributed by atoms with van der Waals surface area (Å²) in [6.07, 6.45) is 4.32. The molecule has 0 bridgehead atoms. The average Bonchev–Trinajstić information content (AvgIpc) is 3.42. The predicted molar refractivity (Wildman–Crippen MR) is 157 cm³/mol. The number of fused-ring (bicyclic) bond motifs is 2. The summed E-state index contributed by atoms with van der Waals surface area (Å²) >= 11 is 0. The number of piperazine rings is 1. The van der Waals surface area contributed by atoms with Gasteiger partial charge in [-0.1, -0.05) is 0 Å². The molecule has 4 heterocycles. The third-order valence-corrected chi connectivity index (χ3v) is 6.91. The molecule has 42 heavy (non-hydrogen) atoms. The Balaban J connectivity index is 1.20. The van der Waals surface area contributed by atoms with E-state index in [1.54, 1.807) is 27.7 Å². The molecule has 1 amide bonds. The number of pyridine rings is 1. The summed E-state index contributed by atoms with van der Waals surface area (Å²) in [5.74, 6) is 1.26. The molecule has 1 saturated heterocycles. The van der Waals surface area contributed by atoms with Gasteiger partial charge in [-0.15, -0.1) is 0 Å². The van der Waals surface area contributed by atoms with Gasteiger partial charge in [-0.05, 0) is 69.7 Å². The van der Waals surface area contributed by atoms with Crippen LogP contribution < -0.4 is 15.0 Å². The van der Waals surface area contributed by atoms with Crippen LogP contribution in [-0.4, -0.2) is 67.3 Å². The first-order valence-electron chi connectivity index (χ1n) is 13.7. The Morgan fingerprint density at radius 2 is 1.79 bits per heavy atom. The number of nitrogens with zero attached hydrogens (tertiary/aromatic N) is 7. The van der Waals surface area contributed by atoms with Gasteiger partial charge in [-0.2, -0.15) is 5.10 Å². The summed E-state index contributed by atoms with van der Waals surface area (Å²) in [7, 11) is 0. The molecule has 6 rings (SSSR count). The lowest BCUT2D eigenvalue weighted by atomic mass is 10.1. The lowest BCUT2D eigenvalue weighted by molar-refractivity contribution is 0.0240. The number of rotatable bonds is 5. The Morgan fingerprint density at radius 3 is 2.55 bits per heavy atom. The smallest absolute Gasteiger partial charge is 0.410 e. The molecule has 5 aromatic rings. The zero-order valence-corrected chi connectivity index (χ0v) is 23.8. The van der Waals surface area contributed by atoms with Crippen molar-refractivity contribution in [2.75, 3.05) is 36.4 Å². The number of ether oxygens (including phenoxy) is 2. The van der Waals surface area contributed by atoms with Gasteiger partial charge in [-0.25, -0.2) is 28.7 Å². The number of hydrogen-bond acceptors (Lipinski definition) is 9. The highest BCUT2D eigenvalue weighted by molar-refractivity contribution is 5.94. The largest absolute Gasteiger partial charge is 0.457 e. The molecule has 1 aliphatic heterocycles. The van der Waals surface area contributed by atoms with Gasteiger partial charge in [0, 0.05) is 44.1 Å². The molecule has 0 atom stereocenters. The maximum atomic E-state index is 16.1. The van der Waals surface area contributed by atoms with Gasteiger partial charge < -0.3 is 24.6 Å². The van der Waals surface area contributed by atoms with E-state index in [2.05, 4.69) is 25.4 Å². The number of anilines is 3. The first-order chi connectivity index (χ1) is 20.1. The van der Waals surface area contributed by atoms with Crippen LogP contribution in [0.2, 0.25) is 0 Å². The van der Waals surface area contributed by atoms with E-state index >= 15 is 4.39 Å². The Hall–Kier alpha value is -5.00. The number of halogens is 1. The minimum absolute atomic E-state index is 0.296. The average molecular weight is 571 g/mol. The maximum absolute atomic E-state index is 16.1. The lowest BCUT2D eigenvalue weighted by Gasteiger charge is -2.37. The van der Waals surface area contributed by atoms with Crippen molar-refractivity contribution in [3.05, 3.63) is 72.7 Å². The van der Waals surface area contributed by atoms with Crippen molar-refractivity contribution in [1.82, 2.24) is 29.5 Å². The number of carbonyl (C=O) groups is 1. The van der Waals surface area contributed by atoms with Crippen LogP contribution in [0.25, 0.3) is 16.6 Å². The van der Waals surface area contributed by atoms with Gasteiger partial charge in [0.05, 0.1) is 16.6 Å². The standard InChI is InChI=1S/C30H31FN8O3/c1-19-15-20(5-8-24(19)41-21-9-10-39-25(16-21)33-18-35-39)36-28-26-22(32-17-34-28)6-7-23(27(26)31)37-11-13-38(14-12-37)29(40)42-30(2,3)4/h5-10,15-18H,11-14H2,1-4H3,(H,32,34,36). The van der Waals surface area contributed by atoms with Crippen LogP contribution in [0.4, 0.5) is 26.4 Å². The summed E-state index contributed by atoms with van der Waals surface area (Å²) in [4.78, 5) is 28.9. The first-order valence-corrected chi connectivity index (χ1v) is 13.7. The molecule has 3 aromatic heterocycles. The zero-order valence-electron chi connectivity index (χ0n) is 23.8. The van der Waals surface area contributed by atoms with Crippen LogP contribution in [0.3, 0.4) is 0 Å². The molecule has 12 heteroatoms. The number of carbonyl (C=O) groups excluding carboxylic acids is 1. The van der Waals surface area contributed by atoms with E-state index in [1.165, 1.54) is 12.7 Å². The number of benzene rings is 2. The minimum atomic E-state index is -0.568. The predicted octanol–water partition coefficient (Wildman–Crippen LogP) is 5.71. The van der Waals surface area contributed by atoms with E-state index in [4.69, 9.17) is 9.47 Å². The van der Waals surface area contributed by atoms with Gasteiger partial charge in [0.25, 0.3) is 0 Å². The van der Waals surface area contributed by atoms with Gasteiger partial charge >= 0.3 is 6.09 Å². The van der Waals surface area contributed by atoms with Gasteiger partial charge in [0.2, 0.25) is 0 Å². The second kappa shape index (κ2) is 10.8. The topological polar surface area (TPSA) is 110 Å². The van der Waals surface area contributed by atoms with Gasteiger partial charge in [-0.3, -0.25) is 0 Å². The minimum Gasteiger partial charge on any atom is -0.457 e. The fourth-order valence-electron chi connectivity index (χ4n) is 4.86. The molecule has 1 aliphatic rings. The molecule has 0 aliphatic carbocycles. The van der Waals surface area contributed by atoms with Gasteiger partial charge in [0.15, 0.2) is 11.5 Å². The molecule has 0 spiro atoms. The highest BCUT2D eigenvalue weighted by atomic mass is 19.1. The van der Waals surface area contributed by atoms with Crippen LogP contribution in [-0.2, 0) is 4.74 Å². The summed E-state index contributed by atoms with van der Waals surface area (Å²) in [5.41, 5.74) is 2.65. The molecule has 2 aromatic carbocycles. The van der Waals surface area contributed by atoms with E-state index < -0.39 is 11.4 Å². The summed E-state index contributed by atoms with van der Waals surface area (Å²) in [6.45, 7) is 9.26. The number of amides is 1. The number of nitrogens with one attached hydrogen (secondary N) is 1. The molecular weight excluding hydrogens is 539 g/mol. The fraction of sp³-hybridized carbons (Fsp3) is 0.300. The van der Waals surface area contributed by atoms with Crippen molar-refractivity contribution in [3.8, 4) is 11.5 Å². The number of hydrogen-bond donors (Lipinski definition) is 1. The number of aromatic nitrogens is 5. The molecule has 0 radical (unpaired) electrons. The maximum Gasteiger partial charge on any atom is 0.410 e. The van der Waals surface area contributed by atoms with E-state index in [0.29, 0.717) is 65.7 Å². The highest BCUT2D eigenvalue weighted by Gasteiger charge is 2.27. The summed E-state index contributed by atoms with van der Waals surface area (Å²) in [6, 6.07) is 12.8. The summed E-state index contributed by atoms with van der Waals surface area (Å²) < 4.78 is 29.3. The fourth-order valence-corrected chi connectivity index (χ4v) is 4.86. The molecule has 0 unspecified atom stereocenters. The van der Waals surface area contributed by atoms with Crippen molar-refractivity contribution >= 4 is 39.8 Å². The molecule has 0 saturated carbocycles. The molecule has 1 fully saturated rings. The lowest BCUT2D eigenvalue weighted by Crippen LogP contribution is -2.50. The third-order valence-electron chi connectivity index (χ3n) is 6.91. The Kier molecular flexibility index (Phi) is 6.97. The summed E-state index contributed by atoms with van der Waals surface area (Å²) in [5, 5.41) is 7.65. The second-order valence-electron chi connectivity index (χ2n) is 11.1. The molecular formula is C30H31FN8O3. The SMILES string of the molecule is Cc1cc(Nc2ncnc3ccc(N4CCN(C(=O)OC(C)(C)C)CC4)c(F)c23)ccc1Oc1ccn2ncnc2c1. The molecule has 1 N–H and O–H groups in total. The quantitative estimate of drug-likeness (QED) is 0.284. The van der Waals surface area contributed by atoms with Crippen LogP contribution in [0.5, 0.6) is 11.5 Å². The van der Waals surface area contributed by atoms with Crippen molar-refractivity contribution in [3.63, 3.8) is 0 Å². The second-order valence-corrected chi connectivity index (χ2v) is 11.1. The van der Waals surface area contributed by atoms with E-state index in [-0.39, 0.29) is 6.09 Å². The van der Waals surface area contributed by atoms with Crippen molar-refractivity contribution in [1.29, 1.82) is 0 Å². The molecule has 216 valence electrons. The van der Waals surface area contributed by atoms with Crippen molar-refractivity contribution in [2.45, 2.75) is 33.3 Å². The van der Waals surface area contributed by atoms with Gasteiger partial charge in [0.1, 0.15) is 35.6 Å². The van der Waals surface area contributed by atoms with Crippen LogP contribution >= 0.6 is 0 Å². The van der Waals surface area contributed by atoms with Crippen LogP contribution in [0.15, 0.2) is 61.3 Å². The van der Waals surface area contributed by atoms with Crippen molar-refractivity contribution < 1.29 is 18.7 Å². The van der Waals surface area contributed by atoms with E-state index in [1.807, 2.05) is 62.9 Å². The van der Waals surface area contributed by atoms with E-state index in [9.17, 15) is 4.79 Å². The normalized spacial score (nSPS) is 13.9. The third kappa shape index (κ3) is 5.60. The Bertz CT molecular complexity index is 1780. The monoisotopic (exact) mass is 570 g/mol. The van der Waals surface area contributed by atoms with Crippen molar-refractivity contribution in [2.24, 2.45) is 0 Å². The Morgan fingerprint density at radius 1 is 0.976 bits per heavy atom. The molecule has 11 nitrogen and oxygen atoms in total. The van der Waals surface area contributed by atoms with Crippen LogP contribution in [0, 0.1) is 12.7 Å². The Labute approximate surface area is 241 Å². The highest BCUT2D eigenvalue weighted by Crippen LogP contribution is 2.34.